The van der Waals surface area contributed by atoms with E-state index in [-0.39, 0.29) is 31.4 Å². The molecule has 2 N–H and O–H groups in total. The fourth-order valence-corrected chi connectivity index (χ4v) is 165. The molecule has 4 nitrogen and oxygen atoms in total. The fraction of sp³-hybridized carbons (Fsp3) is 0.733. The van der Waals surface area contributed by atoms with E-state index in [4.69, 9.17) is 0 Å². The zero-order chi connectivity index (χ0) is 113. The molecule has 4 aliphatic rings. The van der Waals surface area contributed by atoms with Crippen LogP contribution in [0.1, 0.15) is 288 Å². The molecule has 0 fully saturated rings. The number of rotatable bonds is 32. The van der Waals surface area contributed by atoms with Crippen LogP contribution >= 0.6 is 0 Å². The van der Waals surface area contributed by atoms with Gasteiger partial charge in [0, 0.05) is 96.9 Å². The van der Waals surface area contributed by atoms with E-state index in [0.29, 0.717) is 31.0 Å². The van der Waals surface area contributed by atoms with Crippen LogP contribution in [-0.4, -0.2) is 172 Å². The summed E-state index contributed by atoms with van der Waals surface area (Å²) in [6.45, 7) is 178. The average Bonchev–Trinajstić information content (AvgIpc) is 1.47. The maximum absolute atomic E-state index is 15.9. The van der Waals surface area contributed by atoms with Crippen molar-refractivity contribution in [2.24, 2.45) is 0 Å². The second-order valence-electron chi connectivity index (χ2n) is 68.0. The molecule has 0 aromatic heterocycles. The van der Waals surface area contributed by atoms with E-state index in [9.17, 15) is 8.85 Å². The van der Waals surface area contributed by atoms with Crippen molar-refractivity contribution >= 4 is 183 Å². The maximum Gasteiger partial charge on any atom is 0.280 e. The summed E-state index contributed by atoms with van der Waals surface area (Å²) in [7, 11) is -45.3. The predicted octanol–water partition coefficient (Wildman–Crippen LogP) is 36.4. The van der Waals surface area contributed by atoms with Crippen molar-refractivity contribution in [1.82, 2.24) is 0 Å². The lowest BCUT2D eigenvalue weighted by atomic mass is 9.85. The van der Waals surface area contributed by atoms with E-state index >= 15 is 9.59 Å². The highest BCUT2D eigenvalue weighted by molar-refractivity contribution is 7.14. The van der Waals surface area contributed by atoms with Gasteiger partial charge in [0.25, 0.3) is 33.3 Å². The van der Waals surface area contributed by atoms with Crippen molar-refractivity contribution in [3.63, 3.8) is 0 Å². The number of hydrogen-bond acceptors (Lipinski definition) is 4. The molecular formula is C120H236O4Si20. The monoisotopic (exact) mass is 2300 g/mol. The summed E-state index contributed by atoms with van der Waals surface area (Å²) in [5.74, 6) is 0. The zero-order valence-corrected chi connectivity index (χ0v) is 128. The molecule has 0 aliphatic carbocycles. The molecule has 144 heavy (non-hydrogen) atoms. The number of allylic oxidation sites excluding steroid dienone is 8. The molecule has 0 radical (unpaired) electrons. The van der Waals surface area contributed by atoms with Crippen LogP contribution in [0, 0.1) is 0 Å². The number of hydrogen-bond donors (Lipinski definition) is 2. The van der Waals surface area contributed by atoms with Gasteiger partial charge in [-0.25, -0.2) is 0 Å². The first-order valence-electron chi connectivity index (χ1n) is 58.1. The Morgan fingerprint density at radius 2 is 0.333 bits per heavy atom. The fourth-order valence-electron chi connectivity index (χ4n) is 34.2. The normalized spacial score (nSPS) is 21.4. The summed E-state index contributed by atoms with van der Waals surface area (Å²) in [6, 6.07) is 22.2. The van der Waals surface area contributed by atoms with Gasteiger partial charge in [-0.3, -0.25) is 0 Å². The van der Waals surface area contributed by atoms with Crippen LogP contribution in [0.5, 0.6) is 0 Å². The van der Waals surface area contributed by atoms with Crippen LogP contribution in [0.4, 0.5) is 0 Å². The average molecular weight is 2300 g/mol. The molecule has 0 bridgehead atoms. The lowest BCUT2D eigenvalue weighted by Crippen LogP contribution is -2.69. The van der Waals surface area contributed by atoms with Gasteiger partial charge in [-0.2, -0.15) is 0 Å². The molecule has 4 aliphatic heterocycles. The quantitative estimate of drug-likeness (QED) is 0.0479. The molecule has 0 atom stereocenters. The molecule has 24 heteroatoms. The molecule has 8 rings (SSSR count). The Balaban J connectivity index is 0.000000391. The number of benzene rings is 4. The lowest BCUT2D eigenvalue weighted by Gasteiger charge is -2.54. The minimum absolute atomic E-state index is 0.0105. The van der Waals surface area contributed by atoms with Crippen LogP contribution in [-0.2, 0) is 40.2 Å². The van der Waals surface area contributed by atoms with Gasteiger partial charge < -0.3 is 18.4 Å². The second kappa shape index (κ2) is 41.4. The summed E-state index contributed by atoms with van der Waals surface area (Å²) in [5.41, 5.74) is 18.9. The first kappa shape index (κ1) is 131. The zero-order valence-electron chi connectivity index (χ0n) is 108. The summed E-state index contributed by atoms with van der Waals surface area (Å²) in [6.07, 6.45) is 7.25. The molecule has 0 amide bonds. The second-order valence-corrected chi connectivity index (χ2v) is 170. The van der Waals surface area contributed by atoms with Crippen molar-refractivity contribution < 1.29 is 18.4 Å². The van der Waals surface area contributed by atoms with Gasteiger partial charge in [-0.1, -0.05) is 501 Å². The molecule has 2 spiro atoms. The van der Waals surface area contributed by atoms with E-state index in [0.717, 1.165) is 51.4 Å². The topological polar surface area (TPSA) is 58.9 Å². The van der Waals surface area contributed by atoms with Crippen molar-refractivity contribution in [3.05, 3.63) is 157 Å². The SMILES string of the molecule is CCC1=C(CC)[Si]2(OC([Si](C)(C)C)([Si](C)(C)C)c3cc(C(C)(C)C)cc(C([Si](C)(C)C)[Si](C)(C)C)c32)C(CC)=C(CC)[Si]1(O)c1c(C([Si](C)(C)C)[Si](C)(C)C)cc(C(C)(C)C)cc1C([Si](C)(C)C)[Si](C)(C)C.CCC1=C(CC)[Si]2(OC([Si](C)(C)C)([Si](C)(C)C)c3cc(C(C)(C)C)cc(C([Si](C)(C)C)[Si](C)(C)C)c32)C(CC)=C(CC)[Si]1(O)c1c(C([Si](C)(C)C)[Si](C)(C)C)cc(C(C)(C)C)cc1C([Si](C)(C)C)[Si](C)(C)C. The van der Waals surface area contributed by atoms with Gasteiger partial charge in [0.2, 0.25) is 0 Å². The van der Waals surface area contributed by atoms with Crippen molar-refractivity contribution in [2.75, 3.05) is 0 Å². The minimum Gasteiger partial charge on any atom is -0.421 e. The van der Waals surface area contributed by atoms with E-state index in [2.05, 4.69) is 501 Å². The number of fused-ring (bicyclic) bond motifs is 4. The molecule has 0 unspecified atom stereocenters. The molecule has 0 saturated carbocycles. The smallest absolute Gasteiger partial charge is 0.280 e. The first-order chi connectivity index (χ1) is 63.5. The highest BCUT2D eigenvalue weighted by Crippen LogP contribution is 2.64. The van der Waals surface area contributed by atoms with Gasteiger partial charge in [-0.15, -0.1) is 0 Å². The van der Waals surface area contributed by atoms with Gasteiger partial charge in [0.05, 0.1) is 42.0 Å². The Hall–Kier alpha value is 0.0177. The highest BCUT2D eigenvalue weighted by Gasteiger charge is 2.75. The standard InChI is InChI=1S/2C60H118O2Si10/c2*1-35-49-51(37-3)72(54-47(57(67(23,24)25)68(26,27)28)41-44(59(8,9)10)42-48(54)60(62-72,69(29,30)31)70(32,33)34)52(38-4)50(36-2)71(49,61)53-45(55(63(11,12)13)64(14,15)16)39-43(58(5,6)7)40-46(53)56(65(17,18)19)66(20,21)22/h2*39-42,55-57,61H,35-38H2,1-34H3. The van der Waals surface area contributed by atoms with E-state index in [1.54, 1.807) is 75.7 Å². The Morgan fingerprint density at radius 3 is 0.444 bits per heavy atom. The van der Waals surface area contributed by atoms with Crippen LogP contribution in [0.25, 0.3) is 0 Å². The lowest BCUT2D eigenvalue weighted by molar-refractivity contribution is 0.230. The molecule has 4 heterocycles. The van der Waals surface area contributed by atoms with Crippen LogP contribution in [0.3, 0.4) is 0 Å². The molecule has 0 saturated heterocycles. The van der Waals surface area contributed by atoms with Gasteiger partial charge in [0.1, 0.15) is 0 Å². The van der Waals surface area contributed by atoms with Crippen molar-refractivity contribution in [1.29, 1.82) is 0 Å². The highest BCUT2D eigenvalue weighted by atomic mass is 28.4. The van der Waals surface area contributed by atoms with Crippen LogP contribution in [0.15, 0.2) is 90.1 Å². The Morgan fingerprint density at radius 1 is 0.208 bits per heavy atom. The summed E-state index contributed by atoms with van der Waals surface area (Å²) < 4.78 is 18.4. The van der Waals surface area contributed by atoms with Gasteiger partial charge in [-0.05, 0) is 233 Å². The Labute approximate surface area is 916 Å². The van der Waals surface area contributed by atoms with E-state index in [1.807, 2.05) is 0 Å². The third-order valence-electron chi connectivity index (χ3n) is 35.2. The summed E-state index contributed by atoms with van der Waals surface area (Å²) >= 11 is 0. The van der Waals surface area contributed by atoms with Crippen molar-refractivity contribution in [3.8, 4) is 0 Å². The van der Waals surface area contributed by atoms with Gasteiger partial charge >= 0.3 is 0 Å². The third-order valence-corrected chi connectivity index (χ3v) is 130. The van der Waals surface area contributed by atoms with E-state index < -0.39 is 162 Å². The maximum atomic E-state index is 15.9. The van der Waals surface area contributed by atoms with Crippen molar-refractivity contribution in [2.45, 2.75) is 566 Å². The summed E-state index contributed by atoms with van der Waals surface area (Å²) in [4.78, 5) is 31.2. The molecule has 4 aromatic rings. The first-order valence-corrected chi connectivity index (χ1v) is 123. The summed E-state index contributed by atoms with van der Waals surface area (Å²) in [5, 5.41) is 21.7. The van der Waals surface area contributed by atoms with Crippen LogP contribution < -0.4 is 20.7 Å². The Bertz CT molecular complexity index is 4880. The third kappa shape index (κ3) is 23.3. The van der Waals surface area contributed by atoms with Crippen LogP contribution in [0.2, 0.25) is 314 Å². The molecule has 820 valence electrons. The Kier molecular flexibility index (Phi) is 37.6. The largest absolute Gasteiger partial charge is 0.421 e. The molecule has 4 aromatic carbocycles. The van der Waals surface area contributed by atoms with Gasteiger partial charge in [0.15, 0.2) is 0 Å². The predicted molar refractivity (Wildman–Crippen MR) is 712 cm³/mol. The molecular weight excluding hydrogens is 2070 g/mol. The minimum atomic E-state index is -3.72. The van der Waals surface area contributed by atoms with E-state index in [1.165, 1.54) is 53.4 Å².